The fourth-order valence-corrected chi connectivity index (χ4v) is 6.05. The number of carbonyl (C=O) groups excluding carboxylic acids is 1. The summed E-state index contributed by atoms with van der Waals surface area (Å²) >= 11 is 0. The third-order valence-electron chi connectivity index (χ3n) is 6.42. The zero-order valence-corrected chi connectivity index (χ0v) is 20.2. The van der Waals surface area contributed by atoms with Crippen LogP contribution in [0.3, 0.4) is 0 Å². The molecule has 0 fully saturated rings. The molecular formula is C29H25N2O3S. The average Bonchev–Trinajstić information content (AvgIpc) is 3.18. The lowest BCUT2D eigenvalue weighted by Crippen LogP contribution is -2.11. The number of rotatable bonds is 7. The zero-order valence-electron chi connectivity index (χ0n) is 19.4. The summed E-state index contributed by atoms with van der Waals surface area (Å²) in [7, 11) is -3.50. The van der Waals surface area contributed by atoms with Crippen molar-refractivity contribution in [3.63, 3.8) is 0 Å². The second-order valence-corrected chi connectivity index (χ2v) is 10.6. The van der Waals surface area contributed by atoms with Gasteiger partial charge >= 0.3 is 0 Å². The first-order chi connectivity index (χ1) is 16.9. The molecule has 0 aliphatic rings. The van der Waals surface area contributed by atoms with Crippen LogP contribution in [0.5, 0.6) is 0 Å². The first-order valence-corrected chi connectivity index (χ1v) is 13.1. The first kappa shape index (κ1) is 22.9. The fraction of sp³-hybridized carbons (Fsp3) is 0.138. The number of nitrogens with zero attached hydrogens (tertiary/aromatic N) is 1. The van der Waals surface area contributed by atoms with Crippen LogP contribution in [0, 0.1) is 6.07 Å². The Labute approximate surface area is 204 Å². The monoisotopic (exact) mass is 481 g/mol. The SMILES string of the molecule is CCc1c[c]c2c3c(C(N)=O)cccc3n(Cc3ccccc3CS(=O)(=O)c3ccccc3)c2c1. The van der Waals surface area contributed by atoms with E-state index in [9.17, 15) is 13.2 Å². The van der Waals surface area contributed by atoms with E-state index in [1.165, 1.54) is 0 Å². The van der Waals surface area contributed by atoms with Crippen LogP contribution in [0.25, 0.3) is 21.8 Å². The predicted octanol–water partition coefficient (Wildman–Crippen LogP) is 5.28. The molecular weight excluding hydrogens is 456 g/mol. The van der Waals surface area contributed by atoms with E-state index in [4.69, 9.17) is 5.73 Å². The average molecular weight is 482 g/mol. The minimum atomic E-state index is -3.50. The van der Waals surface area contributed by atoms with E-state index in [2.05, 4.69) is 23.6 Å². The van der Waals surface area contributed by atoms with E-state index in [1.807, 2.05) is 42.5 Å². The van der Waals surface area contributed by atoms with Crippen molar-refractivity contribution in [3.05, 3.63) is 113 Å². The van der Waals surface area contributed by atoms with Crippen molar-refractivity contribution >= 4 is 37.6 Å². The van der Waals surface area contributed by atoms with E-state index in [0.29, 0.717) is 17.0 Å². The van der Waals surface area contributed by atoms with Crippen molar-refractivity contribution in [2.45, 2.75) is 30.5 Å². The number of carbonyl (C=O) groups is 1. The van der Waals surface area contributed by atoms with Crippen molar-refractivity contribution in [1.82, 2.24) is 4.57 Å². The Balaban J connectivity index is 1.67. The molecule has 5 nitrogen and oxygen atoms in total. The van der Waals surface area contributed by atoms with Crippen LogP contribution in [0.15, 0.2) is 89.8 Å². The molecule has 1 radical (unpaired) electrons. The number of aromatic nitrogens is 1. The minimum Gasteiger partial charge on any atom is -0.366 e. The maximum atomic E-state index is 13.1. The topological polar surface area (TPSA) is 82.2 Å². The predicted molar refractivity (Wildman–Crippen MR) is 139 cm³/mol. The van der Waals surface area contributed by atoms with Gasteiger partial charge < -0.3 is 10.3 Å². The van der Waals surface area contributed by atoms with Gasteiger partial charge in [0.25, 0.3) is 0 Å². The minimum absolute atomic E-state index is 0.0941. The van der Waals surface area contributed by atoms with Gasteiger partial charge in [-0.05, 0) is 59.5 Å². The van der Waals surface area contributed by atoms with Crippen LogP contribution >= 0.6 is 0 Å². The van der Waals surface area contributed by atoms with Gasteiger partial charge in [0.2, 0.25) is 5.91 Å². The maximum absolute atomic E-state index is 13.1. The van der Waals surface area contributed by atoms with Crippen molar-refractivity contribution < 1.29 is 13.2 Å². The molecule has 0 saturated heterocycles. The van der Waals surface area contributed by atoms with Crippen molar-refractivity contribution in [1.29, 1.82) is 0 Å². The summed E-state index contributed by atoms with van der Waals surface area (Å²) in [6, 6.07) is 29.1. The highest BCUT2D eigenvalue weighted by molar-refractivity contribution is 7.90. The van der Waals surface area contributed by atoms with E-state index in [1.54, 1.807) is 36.4 Å². The molecule has 1 amide bonds. The molecule has 0 unspecified atom stereocenters. The summed E-state index contributed by atoms with van der Waals surface area (Å²) in [5.74, 6) is -0.583. The Morgan fingerprint density at radius 2 is 1.63 bits per heavy atom. The van der Waals surface area contributed by atoms with Crippen molar-refractivity contribution in [2.75, 3.05) is 0 Å². The molecule has 0 bridgehead atoms. The highest BCUT2D eigenvalue weighted by Gasteiger charge is 2.20. The van der Waals surface area contributed by atoms with E-state index >= 15 is 0 Å². The number of amides is 1. The summed E-state index contributed by atoms with van der Waals surface area (Å²) in [6.45, 7) is 2.53. The quantitative estimate of drug-likeness (QED) is 0.343. The fourth-order valence-electron chi connectivity index (χ4n) is 4.62. The first-order valence-electron chi connectivity index (χ1n) is 11.5. The lowest BCUT2D eigenvalue weighted by molar-refractivity contribution is 0.100. The molecule has 175 valence electrons. The molecule has 5 aromatic rings. The second kappa shape index (κ2) is 9.04. The van der Waals surface area contributed by atoms with Gasteiger partial charge in [0, 0.05) is 22.9 Å². The molecule has 6 heteroatoms. The Hall–Kier alpha value is -3.90. The lowest BCUT2D eigenvalue weighted by atomic mass is 10.0. The van der Waals surface area contributed by atoms with E-state index in [0.717, 1.165) is 44.9 Å². The largest absolute Gasteiger partial charge is 0.366 e. The molecule has 0 atom stereocenters. The smallest absolute Gasteiger partial charge is 0.249 e. The third kappa shape index (κ3) is 4.21. The molecule has 35 heavy (non-hydrogen) atoms. The number of benzene rings is 4. The zero-order chi connectivity index (χ0) is 24.6. The van der Waals surface area contributed by atoms with E-state index in [-0.39, 0.29) is 5.75 Å². The number of aryl methyl sites for hydroxylation is 1. The van der Waals surface area contributed by atoms with Gasteiger partial charge in [-0.15, -0.1) is 0 Å². The van der Waals surface area contributed by atoms with Crippen LogP contribution in [0.1, 0.15) is 34.0 Å². The van der Waals surface area contributed by atoms with Gasteiger partial charge in [-0.2, -0.15) is 0 Å². The second-order valence-electron chi connectivity index (χ2n) is 8.61. The molecule has 0 saturated carbocycles. The number of fused-ring (bicyclic) bond motifs is 3. The normalized spacial score (nSPS) is 11.8. The highest BCUT2D eigenvalue weighted by atomic mass is 32.2. The van der Waals surface area contributed by atoms with Crippen LogP contribution < -0.4 is 5.73 Å². The Morgan fingerprint density at radius 3 is 2.34 bits per heavy atom. The number of hydrogen-bond acceptors (Lipinski definition) is 3. The molecule has 1 heterocycles. The van der Waals surface area contributed by atoms with E-state index < -0.39 is 15.7 Å². The summed E-state index contributed by atoms with van der Waals surface area (Å²) in [4.78, 5) is 12.5. The third-order valence-corrected chi connectivity index (χ3v) is 8.10. The van der Waals surface area contributed by atoms with Crippen molar-refractivity contribution in [2.24, 2.45) is 5.73 Å². The molecule has 0 aliphatic carbocycles. The number of hydrogen-bond donors (Lipinski definition) is 1. The molecule has 0 aliphatic heterocycles. The van der Waals surface area contributed by atoms with Gasteiger partial charge in [0.05, 0.1) is 21.7 Å². The summed E-state index contributed by atoms with van der Waals surface area (Å²) < 4.78 is 28.4. The lowest BCUT2D eigenvalue weighted by Gasteiger charge is -2.14. The molecule has 0 spiro atoms. The molecule has 5 rings (SSSR count). The maximum Gasteiger partial charge on any atom is 0.249 e. The van der Waals surface area contributed by atoms with Gasteiger partial charge in [0.1, 0.15) is 0 Å². The Kier molecular flexibility index (Phi) is 5.91. The standard InChI is InChI=1S/C29H25N2O3S/c1-2-20-15-16-24-27(17-20)31(26-14-8-13-25(28(24)26)29(30)32)18-21-9-6-7-10-22(21)19-35(33,34)23-11-4-3-5-12-23/h3-15,17H,2,18-19H2,1H3,(H2,30,32). The van der Waals surface area contributed by atoms with Gasteiger partial charge in [-0.3, -0.25) is 4.79 Å². The van der Waals surface area contributed by atoms with Crippen LogP contribution in [0.4, 0.5) is 0 Å². The number of nitrogens with two attached hydrogens (primary N) is 1. The van der Waals surface area contributed by atoms with Crippen LogP contribution in [-0.4, -0.2) is 18.9 Å². The molecule has 1 aromatic heterocycles. The Morgan fingerprint density at radius 1 is 0.914 bits per heavy atom. The van der Waals surface area contributed by atoms with Gasteiger partial charge in [-0.1, -0.05) is 61.5 Å². The van der Waals surface area contributed by atoms with Gasteiger partial charge in [-0.25, -0.2) is 8.42 Å². The summed E-state index contributed by atoms with van der Waals surface area (Å²) in [5, 5.41) is 1.60. The highest BCUT2D eigenvalue weighted by Crippen LogP contribution is 2.33. The molecule has 2 N–H and O–H groups in total. The van der Waals surface area contributed by atoms with Crippen molar-refractivity contribution in [3.8, 4) is 0 Å². The summed E-state index contributed by atoms with van der Waals surface area (Å²) in [5.41, 5.74) is 10.7. The number of sulfone groups is 1. The van der Waals surface area contributed by atoms with Crippen LogP contribution in [0.2, 0.25) is 0 Å². The van der Waals surface area contributed by atoms with Crippen LogP contribution in [-0.2, 0) is 28.6 Å². The van der Waals surface area contributed by atoms with Gasteiger partial charge in [0.15, 0.2) is 9.84 Å². The summed E-state index contributed by atoms with van der Waals surface area (Å²) in [6.07, 6.45) is 0.850. The number of primary amides is 1. The Bertz CT molecular complexity index is 1670. The molecule has 4 aromatic carbocycles.